The molecule has 0 spiro atoms. The zero-order chi connectivity index (χ0) is 24.2. The van der Waals surface area contributed by atoms with Gasteiger partial charge in [-0.05, 0) is 41.5 Å². The number of ether oxygens (including phenoxy) is 2. The lowest BCUT2D eigenvalue weighted by atomic mass is 10.2. The van der Waals surface area contributed by atoms with Gasteiger partial charge < -0.3 is 9.47 Å². The first-order chi connectivity index (χ1) is 16.4. The minimum Gasteiger partial charge on any atom is -0.493 e. The van der Waals surface area contributed by atoms with Crippen LogP contribution < -0.4 is 15.0 Å². The van der Waals surface area contributed by atoms with Crippen LogP contribution in [0.5, 0.6) is 11.5 Å². The zero-order valence-electron chi connectivity index (χ0n) is 19.0. The van der Waals surface area contributed by atoms with E-state index < -0.39 is 0 Å². The Kier molecular flexibility index (Phi) is 7.34. The maximum Gasteiger partial charge on any atom is 0.282 e. The molecule has 0 N–H and O–H groups in total. The molecule has 6 nitrogen and oxygen atoms in total. The molecule has 4 aromatic rings. The monoisotopic (exact) mass is 539 g/mol. The van der Waals surface area contributed by atoms with Gasteiger partial charge in [0.2, 0.25) is 0 Å². The average Bonchev–Trinajstić information content (AvgIpc) is 2.83. The molecule has 0 saturated carbocycles. The molecule has 0 saturated heterocycles. The molecule has 0 aliphatic heterocycles. The number of nitrogens with zero attached hydrogens (tertiary/aromatic N) is 3. The first kappa shape index (κ1) is 24.0. The number of halogens is 2. The van der Waals surface area contributed by atoms with E-state index in [1.807, 2.05) is 56.3 Å². The summed E-state index contributed by atoms with van der Waals surface area (Å²) in [7, 11) is 1.55. The van der Waals surface area contributed by atoms with Crippen LogP contribution in [0.4, 0.5) is 0 Å². The maximum absolute atomic E-state index is 13.2. The molecular formula is C26H23BrClN3O3. The fraction of sp³-hybridized carbons (Fsp3) is 0.192. The molecule has 4 rings (SSSR count). The van der Waals surface area contributed by atoms with Gasteiger partial charge in [-0.3, -0.25) is 4.79 Å². The van der Waals surface area contributed by atoms with E-state index in [0.717, 1.165) is 10.0 Å². The molecule has 0 bridgehead atoms. The lowest BCUT2D eigenvalue weighted by Gasteiger charge is -2.14. The molecular weight excluding hydrogens is 518 g/mol. The van der Waals surface area contributed by atoms with Crippen molar-refractivity contribution < 1.29 is 9.47 Å². The van der Waals surface area contributed by atoms with Gasteiger partial charge in [-0.15, -0.1) is 0 Å². The third-order valence-electron chi connectivity index (χ3n) is 5.15. The third kappa shape index (κ3) is 5.16. The number of methoxy groups -OCH3 is 1. The number of rotatable bonds is 7. The standard InChI is InChI=1S/C26H23BrClN3O3/c1-16(2)25-30-22-10-9-19(27)13-20(22)26(32)31(25)29-14-18-11-21(28)24(23(12-18)33-3)34-15-17-7-5-4-6-8-17/h4-14,16H,15H2,1-3H3. The molecule has 0 aliphatic carbocycles. The van der Waals surface area contributed by atoms with Gasteiger partial charge in [0.05, 0.1) is 29.2 Å². The van der Waals surface area contributed by atoms with E-state index in [4.69, 9.17) is 21.1 Å². The van der Waals surface area contributed by atoms with Gasteiger partial charge >= 0.3 is 0 Å². The highest BCUT2D eigenvalue weighted by atomic mass is 79.9. The highest BCUT2D eigenvalue weighted by molar-refractivity contribution is 9.10. The van der Waals surface area contributed by atoms with Crippen LogP contribution in [0, 0.1) is 0 Å². The summed E-state index contributed by atoms with van der Waals surface area (Å²) in [6, 6.07) is 18.7. The molecule has 1 heterocycles. The Balaban J connectivity index is 1.70. The lowest BCUT2D eigenvalue weighted by molar-refractivity contribution is 0.284. The first-order valence-electron chi connectivity index (χ1n) is 10.7. The van der Waals surface area contributed by atoms with Crippen LogP contribution in [0.15, 0.2) is 75.0 Å². The van der Waals surface area contributed by atoms with Crippen LogP contribution in [0.1, 0.15) is 36.7 Å². The van der Waals surface area contributed by atoms with Gasteiger partial charge in [-0.1, -0.05) is 71.7 Å². The second kappa shape index (κ2) is 10.4. The summed E-state index contributed by atoms with van der Waals surface area (Å²) >= 11 is 9.93. The van der Waals surface area contributed by atoms with Gasteiger partial charge in [0, 0.05) is 10.4 Å². The van der Waals surface area contributed by atoms with Crippen LogP contribution in [0.2, 0.25) is 5.02 Å². The van der Waals surface area contributed by atoms with Gasteiger partial charge in [-0.25, -0.2) is 4.98 Å². The van der Waals surface area contributed by atoms with E-state index in [-0.39, 0.29) is 11.5 Å². The average molecular weight is 541 g/mol. The summed E-state index contributed by atoms with van der Waals surface area (Å²) in [6.45, 7) is 4.30. The van der Waals surface area contributed by atoms with Crippen molar-refractivity contribution in [2.45, 2.75) is 26.4 Å². The van der Waals surface area contributed by atoms with E-state index in [1.165, 1.54) is 4.68 Å². The van der Waals surface area contributed by atoms with Gasteiger partial charge in [0.1, 0.15) is 12.4 Å². The Morgan fingerprint density at radius 2 is 1.91 bits per heavy atom. The maximum atomic E-state index is 13.2. The molecule has 0 atom stereocenters. The van der Waals surface area contributed by atoms with Crippen LogP contribution >= 0.6 is 27.5 Å². The molecule has 1 aromatic heterocycles. The summed E-state index contributed by atoms with van der Waals surface area (Å²) in [6.07, 6.45) is 1.56. The number of benzene rings is 3. The Morgan fingerprint density at radius 3 is 2.62 bits per heavy atom. The Labute approximate surface area is 210 Å². The Bertz CT molecular complexity index is 1420. The Hall–Kier alpha value is -3.16. The molecule has 0 radical (unpaired) electrons. The van der Waals surface area contributed by atoms with Crippen molar-refractivity contribution in [1.29, 1.82) is 0 Å². The molecule has 0 unspecified atom stereocenters. The van der Waals surface area contributed by atoms with Crippen molar-refractivity contribution >= 4 is 44.6 Å². The fourth-order valence-electron chi connectivity index (χ4n) is 3.46. The predicted octanol–water partition coefficient (Wildman–Crippen LogP) is 6.41. The normalized spacial score (nSPS) is 11.5. The van der Waals surface area contributed by atoms with E-state index in [0.29, 0.717) is 45.4 Å². The second-order valence-electron chi connectivity index (χ2n) is 7.96. The number of hydrogen-bond acceptors (Lipinski definition) is 5. The minimum absolute atomic E-state index is 0.00946. The van der Waals surface area contributed by atoms with E-state index >= 15 is 0 Å². The van der Waals surface area contributed by atoms with Gasteiger partial charge in [0.25, 0.3) is 5.56 Å². The Morgan fingerprint density at radius 1 is 1.15 bits per heavy atom. The summed E-state index contributed by atoms with van der Waals surface area (Å²) < 4.78 is 13.6. The molecule has 8 heteroatoms. The molecule has 174 valence electrons. The van der Waals surface area contributed by atoms with Crippen LogP contribution in [0.3, 0.4) is 0 Å². The smallest absolute Gasteiger partial charge is 0.282 e. The van der Waals surface area contributed by atoms with Crippen LogP contribution in [0.25, 0.3) is 10.9 Å². The highest BCUT2D eigenvalue weighted by Gasteiger charge is 2.15. The van der Waals surface area contributed by atoms with Crippen LogP contribution in [-0.2, 0) is 6.61 Å². The summed E-state index contributed by atoms with van der Waals surface area (Å²) in [4.78, 5) is 17.9. The highest BCUT2D eigenvalue weighted by Crippen LogP contribution is 2.36. The summed E-state index contributed by atoms with van der Waals surface area (Å²) in [5.74, 6) is 1.48. The lowest BCUT2D eigenvalue weighted by Crippen LogP contribution is -2.23. The molecule has 0 fully saturated rings. The van der Waals surface area contributed by atoms with E-state index in [2.05, 4.69) is 26.0 Å². The van der Waals surface area contributed by atoms with E-state index in [9.17, 15) is 4.79 Å². The second-order valence-corrected chi connectivity index (χ2v) is 9.28. The van der Waals surface area contributed by atoms with Crippen molar-refractivity contribution in [2.24, 2.45) is 5.10 Å². The van der Waals surface area contributed by atoms with E-state index in [1.54, 1.807) is 31.5 Å². The van der Waals surface area contributed by atoms with Crippen molar-refractivity contribution in [3.05, 3.63) is 97.5 Å². The minimum atomic E-state index is -0.243. The molecule has 3 aromatic carbocycles. The predicted molar refractivity (Wildman–Crippen MR) is 140 cm³/mol. The molecule has 0 amide bonds. The quantitative estimate of drug-likeness (QED) is 0.254. The molecule has 0 aliphatic rings. The van der Waals surface area contributed by atoms with Crippen molar-refractivity contribution in [3.8, 4) is 11.5 Å². The third-order valence-corrected chi connectivity index (χ3v) is 5.92. The van der Waals surface area contributed by atoms with Crippen LogP contribution in [-0.4, -0.2) is 23.0 Å². The number of fused-ring (bicyclic) bond motifs is 1. The van der Waals surface area contributed by atoms with Crippen molar-refractivity contribution in [2.75, 3.05) is 7.11 Å². The van der Waals surface area contributed by atoms with Crippen molar-refractivity contribution in [3.63, 3.8) is 0 Å². The topological polar surface area (TPSA) is 65.7 Å². The first-order valence-corrected chi connectivity index (χ1v) is 11.8. The zero-order valence-corrected chi connectivity index (χ0v) is 21.3. The molecule has 34 heavy (non-hydrogen) atoms. The van der Waals surface area contributed by atoms with Crippen molar-refractivity contribution in [1.82, 2.24) is 9.66 Å². The van der Waals surface area contributed by atoms with Gasteiger partial charge in [0.15, 0.2) is 11.5 Å². The largest absolute Gasteiger partial charge is 0.493 e. The summed E-state index contributed by atoms with van der Waals surface area (Å²) in [5.41, 5.74) is 2.06. The SMILES string of the molecule is COc1cc(C=Nn2c(C(C)C)nc3ccc(Br)cc3c2=O)cc(Cl)c1OCc1ccccc1. The van der Waals surface area contributed by atoms with Gasteiger partial charge in [-0.2, -0.15) is 9.78 Å². The fourth-order valence-corrected chi connectivity index (χ4v) is 4.09. The number of aromatic nitrogens is 2. The summed E-state index contributed by atoms with van der Waals surface area (Å²) in [5, 5.41) is 5.33. The number of hydrogen-bond donors (Lipinski definition) is 0.